The van der Waals surface area contributed by atoms with E-state index in [0.717, 1.165) is 28.9 Å². The maximum atomic E-state index is 13.5. The van der Waals surface area contributed by atoms with E-state index in [9.17, 15) is 24.0 Å². The third-order valence-electron chi connectivity index (χ3n) is 7.70. The number of ether oxygens (including phenoxy) is 1. The first-order chi connectivity index (χ1) is 18.2. The van der Waals surface area contributed by atoms with Crippen LogP contribution < -0.4 is 11.1 Å². The molecular formula is C28H30N4O6. The molecule has 1 aliphatic heterocycles. The largest absolute Gasteiger partial charge is 0.427 e. The van der Waals surface area contributed by atoms with Gasteiger partial charge in [0.1, 0.15) is 0 Å². The Morgan fingerprint density at radius 1 is 1.16 bits per heavy atom. The molecule has 5 rings (SSSR count). The third-order valence-corrected chi connectivity index (χ3v) is 7.70. The highest BCUT2D eigenvalue weighted by Crippen LogP contribution is 2.46. The minimum atomic E-state index is -1.45. The smallest absolute Gasteiger partial charge is 0.418 e. The van der Waals surface area contributed by atoms with E-state index >= 15 is 0 Å². The summed E-state index contributed by atoms with van der Waals surface area (Å²) in [6, 6.07) is 14.6. The minimum absolute atomic E-state index is 0.00571. The fourth-order valence-corrected chi connectivity index (χ4v) is 5.40. The molecule has 3 N–H and O–H groups in total. The second-order valence-corrected chi connectivity index (χ2v) is 10.2. The molecule has 1 saturated heterocycles. The van der Waals surface area contributed by atoms with Crippen molar-refractivity contribution in [1.82, 2.24) is 9.80 Å². The molecule has 2 aliphatic carbocycles. The van der Waals surface area contributed by atoms with Crippen LogP contribution in [0.3, 0.4) is 0 Å². The van der Waals surface area contributed by atoms with Gasteiger partial charge in [-0.1, -0.05) is 36.4 Å². The summed E-state index contributed by atoms with van der Waals surface area (Å²) in [6.07, 6.45) is 2.10. The molecule has 3 aliphatic rings. The number of hydrogen-bond donors (Lipinski definition) is 2. The molecule has 198 valence electrons. The normalized spacial score (nSPS) is 20.7. The zero-order valence-corrected chi connectivity index (χ0v) is 21.1. The molecule has 0 radical (unpaired) electrons. The fraction of sp³-hybridized carbons (Fsp3) is 0.393. The molecule has 1 saturated carbocycles. The molecule has 2 aromatic rings. The Kier molecular flexibility index (Phi) is 6.64. The van der Waals surface area contributed by atoms with Gasteiger partial charge in [-0.05, 0) is 55.4 Å². The van der Waals surface area contributed by atoms with E-state index < -0.39 is 29.4 Å². The fourth-order valence-electron chi connectivity index (χ4n) is 5.40. The van der Waals surface area contributed by atoms with Gasteiger partial charge in [-0.2, -0.15) is 0 Å². The second kappa shape index (κ2) is 9.92. The molecule has 10 heteroatoms. The van der Waals surface area contributed by atoms with Gasteiger partial charge < -0.3 is 20.7 Å². The van der Waals surface area contributed by atoms with Crippen molar-refractivity contribution in [3.8, 4) is 0 Å². The lowest BCUT2D eigenvalue weighted by Gasteiger charge is -2.30. The maximum absolute atomic E-state index is 13.5. The number of nitrogens with two attached hydrogens (primary N) is 1. The Bertz CT molecular complexity index is 1310. The number of carbonyl (C=O) groups is 5. The molecule has 1 spiro atoms. The highest BCUT2D eigenvalue weighted by atomic mass is 16.6. The van der Waals surface area contributed by atoms with Gasteiger partial charge in [-0.3, -0.25) is 19.2 Å². The summed E-state index contributed by atoms with van der Waals surface area (Å²) in [5, 5.41) is 2.40. The van der Waals surface area contributed by atoms with E-state index in [0.29, 0.717) is 30.1 Å². The summed E-state index contributed by atoms with van der Waals surface area (Å²) >= 11 is 0. The molecule has 1 heterocycles. The Labute approximate surface area is 220 Å². The average Bonchev–Trinajstić information content (AvgIpc) is 3.65. The number of imide groups is 1. The van der Waals surface area contributed by atoms with Crippen LogP contribution in [-0.2, 0) is 42.5 Å². The number of fused-ring (bicyclic) bond motifs is 2. The van der Waals surface area contributed by atoms with Gasteiger partial charge in [0.15, 0.2) is 0 Å². The molecule has 5 amide bonds. The van der Waals surface area contributed by atoms with Crippen molar-refractivity contribution in [2.75, 3.05) is 11.9 Å². The van der Waals surface area contributed by atoms with Crippen LogP contribution in [0.25, 0.3) is 0 Å². The van der Waals surface area contributed by atoms with Crippen LogP contribution in [0.5, 0.6) is 0 Å². The average molecular weight is 519 g/mol. The van der Waals surface area contributed by atoms with Gasteiger partial charge in [0.05, 0.1) is 0 Å². The monoisotopic (exact) mass is 518 g/mol. The topological polar surface area (TPSA) is 139 Å². The van der Waals surface area contributed by atoms with Gasteiger partial charge in [0, 0.05) is 43.2 Å². The Hall–Kier alpha value is -4.21. The summed E-state index contributed by atoms with van der Waals surface area (Å²) in [6.45, 7) is 2.46. The van der Waals surface area contributed by atoms with Crippen molar-refractivity contribution in [3.63, 3.8) is 0 Å². The molecular weight excluding hydrogens is 488 g/mol. The Morgan fingerprint density at radius 2 is 1.89 bits per heavy atom. The van der Waals surface area contributed by atoms with Crippen molar-refractivity contribution in [3.05, 3.63) is 65.2 Å². The Balaban J connectivity index is 1.28. The molecule has 2 unspecified atom stereocenters. The SMILES string of the molecule is CC(C1CC1)N(Cc1ccccc1)C(=O)CCN1C(=O)OC2(CCc3cc(NC(=O)C(N)=O)ccc32)C1=O. The highest BCUT2D eigenvalue weighted by Gasteiger charge is 2.58. The number of rotatable bonds is 8. The number of nitrogens with zero attached hydrogens (tertiary/aromatic N) is 2. The summed E-state index contributed by atoms with van der Waals surface area (Å²) in [5.41, 5.74) is 6.18. The van der Waals surface area contributed by atoms with Gasteiger partial charge in [0.25, 0.3) is 5.91 Å². The first kappa shape index (κ1) is 25.4. The lowest BCUT2D eigenvalue weighted by atomic mass is 9.94. The van der Waals surface area contributed by atoms with Crippen LogP contribution in [0.2, 0.25) is 0 Å². The lowest BCUT2D eigenvalue weighted by Crippen LogP contribution is -2.42. The van der Waals surface area contributed by atoms with Crippen LogP contribution in [-0.4, -0.2) is 52.1 Å². The Morgan fingerprint density at radius 3 is 2.58 bits per heavy atom. The summed E-state index contributed by atoms with van der Waals surface area (Å²) in [7, 11) is 0. The first-order valence-electron chi connectivity index (χ1n) is 12.8. The number of amides is 5. The number of hydrogen-bond acceptors (Lipinski definition) is 6. The molecule has 10 nitrogen and oxygen atoms in total. The quantitative estimate of drug-likeness (QED) is 0.515. The molecule has 2 fully saturated rings. The van der Waals surface area contributed by atoms with Crippen molar-refractivity contribution < 1.29 is 28.7 Å². The predicted molar refractivity (Wildman–Crippen MR) is 136 cm³/mol. The second-order valence-electron chi connectivity index (χ2n) is 10.2. The summed E-state index contributed by atoms with van der Waals surface area (Å²) < 4.78 is 5.66. The number of nitrogens with one attached hydrogen (secondary N) is 1. The van der Waals surface area contributed by atoms with Crippen molar-refractivity contribution in [2.45, 2.75) is 57.2 Å². The van der Waals surface area contributed by atoms with E-state index in [1.54, 1.807) is 12.1 Å². The van der Waals surface area contributed by atoms with Crippen molar-refractivity contribution in [1.29, 1.82) is 0 Å². The van der Waals surface area contributed by atoms with E-state index in [1.807, 2.05) is 35.2 Å². The molecule has 0 aromatic heterocycles. The zero-order valence-electron chi connectivity index (χ0n) is 21.1. The molecule has 38 heavy (non-hydrogen) atoms. The van der Waals surface area contributed by atoms with Crippen LogP contribution in [0, 0.1) is 5.92 Å². The number of primary amides is 1. The van der Waals surface area contributed by atoms with Crippen LogP contribution in [0.1, 0.15) is 49.3 Å². The van der Waals surface area contributed by atoms with Gasteiger partial charge in [-0.15, -0.1) is 0 Å². The zero-order chi connectivity index (χ0) is 27.0. The van der Waals surface area contributed by atoms with E-state index in [-0.39, 0.29) is 31.3 Å². The van der Waals surface area contributed by atoms with Crippen LogP contribution in [0.4, 0.5) is 10.5 Å². The number of benzene rings is 2. The van der Waals surface area contributed by atoms with E-state index in [1.165, 1.54) is 6.07 Å². The first-order valence-corrected chi connectivity index (χ1v) is 12.8. The summed E-state index contributed by atoms with van der Waals surface area (Å²) in [4.78, 5) is 65.2. The number of aryl methyl sites for hydroxylation is 1. The maximum Gasteiger partial charge on any atom is 0.418 e. The molecule has 2 atom stereocenters. The number of carbonyl (C=O) groups excluding carboxylic acids is 5. The van der Waals surface area contributed by atoms with Crippen LogP contribution >= 0.6 is 0 Å². The van der Waals surface area contributed by atoms with Crippen molar-refractivity contribution in [2.24, 2.45) is 11.7 Å². The lowest BCUT2D eigenvalue weighted by molar-refractivity contribution is -0.138. The molecule has 0 bridgehead atoms. The number of anilines is 1. The standard InChI is InChI=1S/C28H30N4O6/c1-17(19-7-8-19)32(16-18-5-3-2-4-6-18)23(33)12-14-31-26(36)28(38-27(31)37)13-11-20-15-21(9-10-22(20)28)30-25(35)24(29)34/h2-6,9-10,15,17,19H,7-8,11-14,16H2,1H3,(H2,29,34)(H,30,35). The predicted octanol–water partition coefficient (Wildman–Crippen LogP) is 2.45. The van der Waals surface area contributed by atoms with Crippen molar-refractivity contribution >= 4 is 35.4 Å². The third kappa shape index (κ3) is 4.73. The minimum Gasteiger partial charge on any atom is -0.427 e. The van der Waals surface area contributed by atoms with E-state index in [2.05, 4.69) is 12.2 Å². The van der Waals surface area contributed by atoms with Gasteiger partial charge in [-0.25, -0.2) is 9.69 Å². The highest BCUT2D eigenvalue weighted by molar-refractivity contribution is 6.39. The van der Waals surface area contributed by atoms with Gasteiger partial charge in [0.2, 0.25) is 11.5 Å². The molecule has 2 aromatic carbocycles. The summed E-state index contributed by atoms with van der Waals surface area (Å²) in [5.74, 6) is -2.20. The van der Waals surface area contributed by atoms with Crippen LogP contribution in [0.15, 0.2) is 48.5 Å². The van der Waals surface area contributed by atoms with E-state index in [4.69, 9.17) is 10.5 Å². The van der Waals surface area contributed by atoms with Gasteiger partial charge >= 0.3 is 17.9 Å².